The highest BCUT2D eigenvalue weighted by Crippen LogP contribution is 2.30. The van der Waals surface area contributed by atoms with E-state index in [1.807, 2.05) is 0 Å². The summed E-state index contributed by atoms with van der Waals surface area (Å²) in [6.07, 6.45) is 0.180. The van der Waals surface area contributed by atoms with Crippen molar-refractivity contribution in [2.45, 2.75) is 37.9 Å². The molecular weight excluding hydrogens is 444 g/mol. The Labute approximate surface area is 193 Å². The number of nitrogens with zero attached hydrogens (tertiary/aromatic N) is 1. The zero-order chi connectivity index (χ0) is 27.4. The third-order valence-electron chi connectivity index (χ3n) is 5.11. The van der Waals surface area contributed by atoms with E-state index in [9.17, 15) is 19.2 Å². The van der Waals surface area contributed by atoms with Crippen LogP contribution < -0.4 is 10.6 Å². The van der Waals surface area contributed by atoms with Gasteiger partial charge in [-0.05, 0) is 35.7 Å². The molecule has 4 amide bonds. The molecule has 1 saturated heterocycles. The Bertz CT molecular complexity index is 1360. The highest BCUT2D eigenvalue weighted by molar-refractivity contribution is 6.30. The van der Waals surface area contributed by atoms with E-state index in [-0.39, 0.29) is 35.8 Å². The van der Waals surface area contributed by atoms with Gasteiger partial charge in [-0.2, -0.15) is 8.78 Å². The van der Waals surface area contributed by atoms with Crippen LogP contribution in [0.1, 0.15) is 45.4 Å². The molecule has 4 rings (SSSR count). The number of carbonyl (C=O) groups is 4. The van der Waals surface area contributed by atoms with Gasteiger partial charge in [-0.3, -0.25) is 24.5 Å². The van der Waals surface area contributed by atoms with Crippen LogP contribution in [0.3, 0.4) is 0 Å². The molecule has 166 valence electrons. The first-order chi connectivity index (χ1) is 17.2. The Hall–Kier alpha value is -3.33. The van der Waals surface area contributed by atoms with Crippen LogP contribution in [0.5, 0.6) is 0 Å². The van der Waals surface area contributed by atoms with Gasteiger partial charge in [0.1, 0.15) is 6.04 Å². The maximum Gasteiger partial charge on any atom is 0.349 e. The molecule has 0 bridgehead atoms. The molecule has 0 spiro atoms. The molecule has 2 unspecified atom stereocenters. The molecule has 10 heteroatoms. The Morgan fingerprint density at radius 2 is 2.09 bits per heavy atom. The zero-order valence-electron chi connectivity index (χ0n) is 21.2. The van der Waals surface area contributed by atoms with E-state index in [0.717, 1.165) is 0 Å². The number of carbonyl (C=O) groups excluding carboxylic acids is 4. The molecule has 0 aliphatic carbocycles. The van der Waals surface area contributed by atoms with E-state index >= 15 is 8.78 Å². The Morgan fingerprint density at radius 3 is 2.84 bits per heavy atom. The molecule has 2 aromatic rings. The molecule has 32 heavy (non-hydrogen) atoms. The summed E-state index contributed by atoms with van der Waals surface area (Å²) in [4.78, 5) is 50.2. The van der Waals surface area contributed by atoms with Crippen molar-refractivity contribution in [1.82, 2.24) is 15.5 Å². The Balaban J connectivity index is 1.57. The van der Waals surface area contributed by atoms with Gasteiger partial charge in [-0.25, -0.2) is 0 Å². The summed E-state index contributed by atoms with van der Waals surface area (Å²) in [7, 11) is 0. The molecule has 2 heterocycles. The molecule has 2 aromatic carbocycles. The average molecular weight is 467 g/mol. The molecule has 0 aromatic heterocycles. The van der Waals surface area contributed by atoms with E-state index in [1.165, 1.54) is 23.1 Å². The lowest BCUT2D eigenvalue weighted by Crippen LogP contribution is -2.52. The first-order valence-corrected chi connectivity index (χ1v) is 9.80. The number of imide groups is 1. The van der Waals surface area contributed by atoms with Gasteiger partial charge < -0.3 is 10.2 Å². The number of alkyl halides is 2. The van der Waals surface area contributed by atoms with Crippen molar-refractivity contribution in [3.63, 3.8) is 0 Å². The Kier molecular flexibility index (Phi) is 4.24. The number of benzene rings is 2. The normalized spacial score (nSPS) is 21.6. The first kappa shape index (κ1) is 16.3. The summed E-state index contributed by atoms with van der Waals surface area (Å²) >= 11 is 5.65. The van der Waals surface area contributed by atoms with Crippen LogP contribution in [-0.4, -0.2) is 34.6 Å². The largest absolute Gasteiger partial charge is 0.349 e. The van der Waals surface area contributed by atoms with Gasteiger partial charge in [0.25, 0.3) is 11.8 Å². The van der Waals surface area contributed by atoms with E-state index < -0.39 is 70.8 Å². The van der Waals surface area contributed by atoms with Gasteiger partial charge in [-0.1, -0.05) is 35.8 Å². The van der Waals surface area contributed by atoms with Gasteiger partial charge in [0.2, 0.25) is 11.8 Å². The Morgan fingerprint density at radius 1 is 1.31 bits per heavy atom. The minimum absolute atomic E-state index is 0.0517. The molecule has 7 nitrogen and oxygen atoms in total. The summed E-state index contributed by atoms with van der Waals surface area (Å²) in [5.41, 5.74) is -0.952. The fourth-order valence-corrected chi connectivity index (χ4v) is 3.60. The molecule has 0 radical (unpaired) electrons. The molecule has 2 aliphatic rings. The number of rotatable bonds is 5. The number of nitrogens with one attached hydrogen (secondary N) is 2. The molecule has 1 fully saturated rings. The maximum atomic E-state index is 15.0. The van der Waals surface area contributed by atoms with Crippen LogP contribution >= 0.6 is 11.6 Å². The average Bonchev–Trinajstić information content (AvgIpc) is 3.16. The number of amides is 4. The molecule has 0 saturated carbocycles. The van der Waals surface area contributed by atoms with Gasteiger partial charge in [0, 0.05) is 35.6 Å². The van der Waals surface area contributed by atoms with E-state index in [4.69, 9.17) is 18.5 Å². The number of halogens is 3. The van der Waals surface area contributed by atoms with Crippen molar-refractivity contribution in [3.05, 3.63) is 69.7 Å². The quantitative estimate of drug-likeness (QED) is 0.662. The smallest absolute Gasteiger partial charge is 0.346 e. The van der Waals surface area contributed by atoms with E-state index in [1.54, 1.807) is 0 Å². The number of hydrogen-bond acceptors (Lipinski definition) is 4. The molecular formula is C22H18ClF2N3O4. The fourth-order valence-electron chi connectivity index (χ4n) is 3.49. The summed E-state index contributed by atoms with van der Waals surface area (Å²) in [5.74, 6) is -8.35. The number of hydrogen-bond donors (Lipinski definition) is 2. The molecule has 2 aliphatic heterocycles. The van der Waals surface area contributed by atoms with Crippen molar-refractivity contribution in [2.24, 2.45) is 0 Å². The predicted octanol–water partition coefficient (Wildman–Crippen LogP) is 2.51. The van der Waals surface area contributed by atoms with Crippen molar-refractivity contribution in [3.8, 4) is 0 Å². The highest BCUT2D eigenvalue weighted by Gasteiger charge is 2.41. The van der Waals surface area contributed by atoms with Gasteiger partial charge in [0.05, 0.1) is 5.48 Å². The van der Waals surface area contributed by atoms with E-state index in [2.05, 4.69) is 5.32 Å². The molecule has 2 atom stereocenters. The third-order valence-corrected chi connectivity index (χ3v) is 5.31. The highest BCUT2D eigenvalue weighted by atomic mass is 35.5. The van der Waals surface area contributed by atoms with Gasteiger partial charge >= 0.3 is 5.92 Å². The minimum atomic E-state index is -4.58. The zero-order valence-corrected chi connectivity index (χ0v) is 17.0. The van der Waals surface area contributed by atoms with Crippen LogP contribution in [-0.2, 0) is 33.4 Å². The number of fused-ring (bicyclic) bond motifs is 1. The second-order valence-corrected chi connectivity index (χ2v) is 7.62. The summed E-state index contributed by atoms with van der Waals surface area (Å²) < 4.78 is 69.2. The van der Waals surface area contributed by atoms with Crippen LogP contribution in [0.25, 0.3) is 0 Å². The monoisotopic (exact) mass is 466 g/mol. The predicted molar refractivity (Wildman–Crippen MR) is 110 cm³/mol. The standard InChI is InChI=1S/C22H18ClF2N3O4/c23-15-4-2-14(3-5-15)22(24,25)21(32)26-10-12-1-6-16-13(9-12)11-28(20(16)31)17-7-8-18(29)27-19(17)30/h1-6,9,17H,7-8,10-11H2,(H,26,32)(H,27,29,30)/i2D,3D,4D,10D/hD. The summed E-state index contributed by atoms with van der Waals surface area (Å²) in [5, 5.41) is 1.42. The lowest BCUT2D eigenvalue weighted by molar-refractivity contribution is -0.147. The lowest BCUT2D eigenvalue weighted by atomic mass is 10.0. The second-order valence-electron chi connectivity index (χ2n) is 7.22. The summed E-state index contributed by atoms with van der Waals surface area (Å²) in [6.45, 7) is -2.04. The lowest BCUT2D eigenvalue weighted by Gasteiger charge is -2.29. The van der Waals surface area contributed by atoms with E-state index in [0.29, 0.717) is 11.6 Å². The molecule has 2 N–H and O–H groups in total. The van der Waals surface area contributed by atoms with Crippen LogP contribution in [0, 0.1) is 0 Å². The topological polar surface area (TPSA) is 95.6 Å². The van der Waals surface area contributed by atoms with Gasteiger partial charge in [-0.15, -0.1) is 0 Å². The van der Waals surface area contributed by atoms with Crippen molar-refractivity contribution in [1.29, 1.82) is 0 Å². The SMILES string of the molecule is [2H]c1cc(Cl)c([2H])c([2H])c1C(F)(F)C(=O)N([2H])C([2H])c1ccc2c(c1)CN(C1CCC(=O)NC1=O)C2=O. The minimum Gasteiger partial charge on any atom is -0.346 e. The van der Waals surface area contributed by atoms with Gasteiger partial charge in [0.15, 0.2) is 1.41 Å². The van der Waals surface area contributed by atoms with Crippen molar-refractivity contribution >= 4 is 35.2 Å². The van der Waals surface area contributed by atoms with Crippen molar-refractivity contribution < 1.29 is 34.9 Å². The van der Waals surface area contributed by atoms with Crippen LogP contribution in [0.2, 0.25) is 6.43 Å². The third kappa shape index (κ3) is 4.08. The second kappa shape index (κ2) is 8.31. The van der Waals surface area contributed by atoms with Crippen LogP contribution in [0.15, 0.2) is 42.4 Å². The maximum absolute atomic E-state index is 15.0. The number of piperidine rings is 1. The van der Waals surface area contributed by atoms with Crippen LogP contribution in [0.4, 0.5) is 8.78 Å². The fraction of sp³-hybridized carbons (Fsp3) is 0.273. The van der Waals surface area contributed by atoms with Crippen molar-refractivity contribution in [2.75, 3.05) is 0 Å². The summed E-state index contributed by atoms with van der Waals surface area (Å²) in [6, 6.07) is 0.677. The first-order valence-electron chi connectivity index (χ1n) is 11.9.